The molecule has 148 valence electrons. The van der Waals surface area contributed by atoms with Crippen LogP contribution in [-0.2, 0) is 17.6 Å². The summed E-state index contributed by atoms with van der Waals surface area (Å²) < 4.78 is 6.16. The summed E-state index contributed by atoms with van der Waals surface area (Å²) in [6, 6.07) is 18.8. The van der Waals surface area contributed by atoms with E-state index in [4.69, 9.17) is 33.7 Å². The van der Waals surface area contributed by atoms with Gasteiger partial charge in [0, 0.05) is 17.5 Å². The number of carboxylic acid groups (broad SMARTS) is 1. The van der Waals surface area contributed by atoms with Crippen molar-refractivity contribution in [3.8, 4) is 22.6 Å². The van der Waals surface area contributed by atoms with Crippen LogP contribution < -0.4 is 10.5 Å². The normalized spacial score (nSPS) is 18.2. The summed E-state index contributed by atoms with van der Waals surface area (Å²) in [5.74, 6) is 0.268. The Hall–Kier alpha value is -2.53. The molecule has 0 spiro atoms. The summed E-state index contributed by atoms with van der Waals surface area (Å²) in [7, 11) is 0. The zero-order valence-electron chi connectivity index (χ0n) is 15.5. The second-order valence-corrected chi connectivity index (χ2v) is 8.05. The molecule has 0 saturated heterocycles. The van der Waals surface area contributed by atoms with Gasteiger partial charge in [0.05, 0.1) is 10.0 Å². The van der Waals surface area contributed by atoms with E-state index in [2.05, 4.69) is 0 Å². The Balaban J connectivity index is 1.68. The zero-order valence-corrected chi connectivity index (χ0v) is 17.0. The number of aliphatic carboxylic acids is 1. The molecule has 3 aromatic rings. The summed E-state index contributed by atoms with van der Waals surface area (Å²) in [4.78, 5) is 11.5. The molecule has 1 aliphatic carbocycles. The number of ether oxygens (including phenoxy) is 1. The lowest BCUT2D eigenvalue weighted by atomic mass is 9.78. The quantitative estimate of drug-likeness (QED) is 0.557. The number of aryl methyl sites for hydroxylation is 1. The Labute approximate surface area is 178 Å². The van der Waals surface area contributed by atoms with E-state index >= 15 is 0 Å². The third-order valence-corrected chi connectivity index (χ3v) is 6.13. The lowest BCUT2D eigenvalue weighted by molar-refractivity contribution is -0.143. The van der Waals surface area contributed by atoms with E-state index < -0.39 is 11.5 Å². The molecule has 3 N–H and O–H groups in total. The lowest BCUT2D eigenvalue weighted by Crippen LogP contribution is -2.52. The maximum atomic E-state index is 11.5. The van der Waals surface area contributed by atoms with Crippen LogP contribution in [0.3, 0.4) is 0 Å². The molecule has 4 nitrogen and oxygen atoms in total. The second kappa shape index (κ2) is 7.71. The van der Waals surface area contributed by atoms with Crippen molar-refractivity contribution in [1.29, 1.82) is 0 Å². The van der Waals surface area contributed by atoms with Gasteiger partial charge in [0.2, 0.25) is 0 Å². The number of para-hydroxylation sites is 1. The SMILES string of the molecule is NC1(C(=O)O)CCc2ccc(Oc3ccccc3-c3cccc(Cl)c3Cl)cc2C1. The molecule has 0 radical (unpaired) electrons. The Morgan fingerprint density at radius 1 is 1.00 bits per heavy atom. The van der Waals surface area contributed by atoms with Crippen LogP contribution in [0.25, 0.3) is 11.1 Å². The van der Waals surface area contributed by atoms with E-state index in [0.29, 0.717) is 34.4 Å². The standard InChI is InChI=1S/C23H19Cl2NO3/c24-19-6-3-5-18(21(19)25)17-4-1-2-7-20(17)29-16-9-8-14-10-11-23(26,22(27)28)13-15(14)12-16/h1-9,12H,10-11,13,26H2,(H,27,28). The number of hydrogen-bond acceptors (Lipinski definition) is 3. The van der Waals surface area contributed by atoms with Gasteiger partial charge in [-0.05, 0) is 48.2 Å². The zero-order chi connectivity index (χ0) is 20.6. The van der Waals surface area contributed by atoms with Crippen LogP contribution in [0.4, 0.5) is 0 Å². The molecule has 1 unspecified atom stereocenters. The van der Waals surface area contributed by atoms with E-state index in [1.807, 2.05) is 54.6 Å². The molecule has 0 saturated carbocycles. The fraction of sp³-hybridized carbons (Fsp3) is 0.174. The Bertz CT molecular complexity index is 1100. The fourth-order valence-electron chi connectivity index (χ4n) is 3.66. The summed E-state index contributed by atoms with van der Waals surface area (Å²) >= 11 is 12.6. The van der Waals surface area contributed by atoms with Crippen molar-refractivity contribution in [3.63, 3.8) is 0 Å². The molecule has 6 heteroatoms. The smallest absolute Gasteiger partial charge is 0.324 e. The number of carbonyl (C=O) groups is 1. The van der Waals surface area contributed by atoms with Gasteiger partial charge in [-0.15, -0.1) is 0 Å². The first-order valence-corrected chi connectivity index (χ1v) is 9.98. The summed E-state index contributed by atoms with van der Waals surface area (Å²) in [5.41, 5.74) is 8.44. The molecule has 29 heavy (non-hydrogen) atoms. The first-order chi connectivity index (χ1) is 13.9. The monoisotopic (exact) mass is 427 g/mol. The molecule has 3 aromatic carbocycles. The minimum atomic E-state index is -1.24. The van der Waals surface area contributed by atoms with Gasteiger partial charge < -0.3 is 15.6 Å². The number of nitrogens with two attached hydrogens (primary N) is 1. The number of fused-ring (bicyclic) bond motifs is 1. The number of rotatable bonds is 4. The Morgan fingerprint density at radius 2 is 1.76 bits per heavy atom. The molecule has 0 aromatic heterocycles. The van der Waals surface area contributed by atoms with Crippen LogP contribution in [0.1, 0.15) is 17.5 Å². The number of hydrogen-bond donors (Lipinski definition) is 2. The van der Waals surface area contributed by atoms with Crippen molar-refractivity contribution in [2.45, 2.75) is 24.8 Å². The van der Waals surface area contributed by atoms with Gasteiger partial charge in [0.1, 0.15) is 17.0 Å². The summed E-state index contributed by atoms with van der Waals surface area (Å²) in [6.07, 6.45) is 1.33. The Morgan fingerprint density at radius 3 is 2.55 bits per heavy atom. The minimum absolute atomic E-state index is 0.274. The first-order valence-electron chi connectivity index (χ1n) is 9.23. The number of benzene rings is 3. The number of halogens is 2. The second-order valence-electron chi connectivity index (χ2n) is 7.27. The highest BCUT2D eigenvalue weighted by Gasteiger charge is 2.37. The molecule has 4 rings (SSSR count). The third-order valence-electron chi connectivity index (χ3n) is 5.31. The van der Waals surface area contributed by atoms with E-state index in [-0.39, 0.29) is 6.42 Å². The fourth-order valence-corrected chi connectivity index (χ4v) is 4.06. The van der Waals surface area contributed by atoms with Crippen LogP contribution in [-0.4, -0.2) is 16.6 Å². The average Bonchev–Trinajstić information content (AvgIpc) is 2.70. The summed E-state index contributed by atoms with van der Waals surface area (Å²) in [5, 5.41) is 10.4. The highest BCUT2D eigenvalue weighted by atomic mass is 35.5. The molecular weight excluding hydrogens is 409 g/mol. The summed E-state index contributed by atoms with van der Waals surface area (Å²) in [6.45, 7) is 0. The maximum absolute atomic E-state index is 11.5. The van der Waals surface area contributed by atoms with Gasteiger partial charge in [-0.2, -0.15) is 0 Å². The molecule has 1 aliphatic rings. The van der Waals surface area contributed by atoms with Crippen LogP contribution in [0.2, 0.25) is 10.0 Å². The van der Waals surface area contributed by atoms with E-state index in [0.717, 1.165) is 22.3 Å². The van der Waals surface area contributed by atoms with Gasteiger partial charge in [0.25, 0.3) is 0 Å². The topological polar surface area (TPSA) is 72.6 Å². The van der Waals surface area contributed by atoms with Gasteiger partial charge in [-0.25, -0.2) is 0 Å². The van der Waals surface area contributed by atoms with Crippen molar-refractivity contribution in [2.75, 3.05) is 0 Å². The van der Waals surface area contributed by atoms with E-state index in [9.17, 15) is 9.90 Å². The van der Waals surface area contributed by atoms with Gasteiger partial charge in [0.15, 0.2) is 0 Å². The van der Waals surface area contributed by atoms with Gasteiger partial charge >= 0.3 is 5.97 Å². The minimum Gasteiger partial charge on any atom is -0.480 e. The van der Waals surface area contributed by atoms with Gasteiger partial charge in [-0.3, -0.25) is 4.79 Å². The molecule has 0 bridgehead atoms. The van der Waals surface area contributed by atoms with E-state index in [1.165, 1.54) is 0 Å². The molecular formula is C23H19Cl2NO3. The lowest BCUT2D eigenvalue weighted by Gasteiger charge is -2.31. The first kappa shape index (κ1) is 19.8. The Kier molecular flexibility index (Phi) is 5.26. The van der Waals surface area contributed by atoms with E-state index in [1.54, 1.807) is 6.07 Å². The van der Waals surface area contributed by atoms with Crippen LogP contribution in [0.15, 0.2) is 60.7 Å². The molecule has 0 aliphatic heterocycles. The predicted octanol–water partition coefficient (Wildman–Crippen LogP) is 5.72. The van der Waals surface area contributed by atoms with Crippen molar-refractivity contribution in [1.82, 2.24) is 0 Å². The molecule has 0 fully saturated rings. The van der Waals surface area contributed by atoms with Crippen LogP contribution >= 0.6 is 23.2 Å². The van der Waals surface area contributed by atoms with Crippen molar-refractivity contribution in [2.24, 2.45) is 5.73 Å². The van der Waals surface area contributed by atoms with Crippen LogP contribution in [0.5, 0.6) is 11.5 Å². The third kappa shape index (κ3) is 3.84. The highest BCUT2D eigenvalue weighted by Crippen LogP contribution is 2.40. The molecule has 0 heterocycles. The van der Waals surface area contributed by atoms with Crippen molar-refractivity contribution < 1.29 is 14.6 Å². The highest BCUT2D eigenvalue weighted by molar-refractivity contribution is 6.43. The van der Waals surface area contributed by atoms with Crippen LogP contribution in [0, 0.1) is 0 Å². The maximum Gasteiger partial charge on any atom is 0.324 e. The average molecular weight is 428 g/mol. The predicted molar refractivity (Wildman–Crippen MR) is 115 cm³/mol. The molecule has 0 amide bonds. The largest absolute Gasteiger partial charge is 0.480 e. The molecule has 1 atom stereocenters. The van der Waals surface area contributed by atoms with Crippen molar-refractivity contribution >= 4 is 29.2 Å². The van der Waals surface area contributed by atoms with Gasteiger partial charge in [-0.1, -0.05) is 59.6 Å². The number of carboxylic acids is 1. The van der Waals surface area contributed by atoms with Crippen molar-refractivity contribution in [3.05, 3.63) is 81.8 Å².